The van der Waals surface area contributed by atoms with Gasteiger partial charge in [-0.3, -0.25) is 0 Å². The highest BCUT2D eigenvalue weighted by Crippen LogP contribution is 2.54. The van der Waals surface area contributed by atoms with E-state index in [0.29, 0.717) is 0 Å². The van der Waals surface area contributed by atoms with Gasteiger partial charge in [0.2, 0.25) is 0 Å². The fourth-order valence-corrected chi connectivity index (χ4v) is 7.98. The van der Waals surface area contributed by atoms with Crippen molar-refractivity contribution in [2.75, 3.05) is 5.32 Å². The topological polar surface area (TPSA) is 12.0 Å². The minimum atomic E-state index is -0.0957. The van der Waals surface area contributed by atoms with E-state index in [1.165, 1.54) is 64.7 Å². The number of thiophene rings is 1. The van der Waals surface area contributed by atoms with Crippen LogP contribution in [0, 0.1) is 0 Å². The molecule has 0 unspecified atom stereocenters. The Kier molecular flexibility index (Phi) is 5.42. The van der Waals surface area contributed by atoms with Gasteiger partial charge in [0, 0.05) is 42.5 Å². The molecule has 1 aliphatic rings. The molecule has 6 aromatic carbocycles. The van der Waals surface area contributed by atoms with E-state index in [1.807, 2.05) is 11.3 Å². The van der Waals surface area contributed by atoms with Crippen molar-refractivity contribution in [3.05, 3.63) is 145 Å². The standard InChI is InChI=1S/C39H29NS/c1-39(2)33-17-8-6-13-29(33)31-23-24-34(36(37(31)39)26-11-4-3-5-12-26)40-27-21-19-25(20-22-27)28-15-10-16-32-30-14-7-9-18-35(30)41-38(28)32/h3-24,40H,1-2H3. The van der Waals surface area contributed by atoms with Crippen LogP contribution in [0.15, 0.2) is 133 Å². The second-order valence-electron chi connectivity index (χ2n) is 11.4. The van der Waals surface area contributed by atoms with Crippen LogP contribution in [-0.4, -0.2) is 0 Å². The summed E-state index contributed by atoms with van der Waals surface area (Å²) in [5.74, 6) is 0. The Morgan fingerprint density at radius 2 is 1.24 bits per heavy atom. The van der Waals surface area contributed by atoms with Crippen LogP contribution in [0.5, 0.6) is 0 Å². The summed E-state index contributed by atoms with van der Waals surface area (Å²) >= 11 is 1.88. The smallest absolute Gasteiger partial charge is 0.0467 e. The lowest BCUT2D eigenvalue weighted by atomic mass is 9.78. The van der Waals surface area contributed by atoms with Crippen molar-refractivity contribution >= 4 is 42.9 Å². The van der Waals surface area contributed by atoms with Crippen molar-refractivity contribution in [1.82, 2.24) is 0 Å². The summed E-state index contributed by atoms with van der Waals surface area (Å²) in [5, 5.41) is 6.47. The van der Waals surface area contributed by atoms with Crippen molar-refractivity contribution in [3.8, 4) is 33.4 Å². The van der Waals surface area contributed by atoms with Gasteiger partial charge >= 0.3 is 0 Å². The molecule has 0 radical (unpaired) electrons. The third-order valence-corrected chi connectivity index (χ3v) is 9.88. The second kappa shape index (κ2) is 9.19. The maximum atomic E-state index is 3.81. The van der Waals surface area contributed by atoms with Gasteiger partial charge in [-0.15, -0.1) is 11.3 Å². The molecule has 1 aromatic heterocycles. The van der Waals surface area contributed by atoms with E-state index in [1.54, 1.807) is 0 Å². The van der Waals surface area contributed by atoms with E-state index < -0.39 is 0 Å². The number of anilines is 2. The Morgan fingerprint density at radius 1 is 0.537 bits per heavy atom. The molecule has 0 amide bonds. The molecule has 1 aliphatic carbocycles. The molecule has 0 fully saturated rings. The quantitative estimate of drug-likeness (QED) is 0.233. The lowest BCUT2D eigenvalue weighted by Gasteiger charge is -2.26. The molecule has 0 bridgehead atoms. The van der Waals surface area contributed by atoms with Crippen molar-refractivity contribution in [1.29, 1.82) is 0 Å². The summed E-state index contributed by atoms with van der Waals surface area (Å²) in [6, 6.07) is 48.5. The Hall–Kier alpha value is -4.66. The number of benzene rings is 6. The molecule has 0 saturated heterocycles. The molecule has 0 saturated carbocycles. The van der Waals surface area contributed by atoms with Crippen molar-refractivity contribution < 1.29 is 0 Å². The first-order valence-corrected chi connectivity index (χ1v) is 15.0. The van der Waals surface area contributed by atoms with Gasteiger partial charge in [0.15, 0.2) is 0 Å². The molecule has 1 nitrogen and oxygen atoms in total. The highest BCUT2D eigenvalue weighted by Gasteiger charge is 2.38. The van der Waals surface area contributed by atoms with Crippen LogP contribution in [0.2, 0.25) is 0 Å². The number of hydrogen-bond acceptors (Lipinski definition) is 2. The molecule has 0 aliphatic heterocycles. The van der Waals surface area contributed by atoms with Crippen LogP contribution in [-0.2, 0) is 5.41 Å². The maximum Gasteiger partial charge on any atom is 0.0467 e. The fraction of sp³-hybridized carbons (Fsp3) is 0.0769. The number of fused-ring (bicyclic) bond motifs is 6. The molecule has 1 heterocycles. The predicted octanol–water partition coefficient (Wildman–Crippen LogP) is 11.4. The van der Waals surface area contributed by atoms with Crippen LogP contribution >= 0.6 is 11.3 Å². The number of rotatable bonds is 4. The Labute approximate surface area is 244 Å². The largest absolute Gasteiger partial charge is 0.355 e. The second-order valence-corrected chi connectivity index (χ2v) is 12.5. The summed E-state index contributed by atoms with van der Waals surface area (Å²) in [6.45, 7) is 4.72. The number of hydrogen-bond donors (Lipinski definition) is 1. The van der Waals surface area contributed by atoms with E-state index in [9.17, 15) is 0 Å². The van der Waals surface area contributed by atoms with Crippen LogP contribution in [0.3, 0.4) is 0 Å². The van der Waals surface area contributed by atoms with Crippen LogP contribution in [0.1, 0.15) is 25.0 Å². The minimum absolute atomic E-state index is 0.0957. The van der Waals surface area contributed by atoms with Crippen LogP contribution in [0.4, 0.5) is 11.4 Å². The minimum Gasteiger partial charge on any atom is -0.355 e. The van der Waals surface area contributed by atoms with E-state index in [-0.39, 0.29) is 5.41 Å². The van der Waals surface area contributed by atoms with Gasteiger partial charge in [-0.25, -0.2) is 0 Å². The molecule has 0 atom stereocenters. The number of nitrogens with one attached hydrogen (secondary N) is 1. The van der Waals surface area contributed by atoms with E-state index in [0.717, 1.165) is 11.4 Å². The predicted molar refractivity (Wildman–Crippen MR) is 177 cm³/mol. The zero-order valence-corrected chi connectivity index (χ0v) is 23.9. The molecular weight excluding hydrogens is 515 g/mol. The molecular formula is C39H29NS. The van der Waals surface area contributed by atoms with E-state index >= 15 is 0 Å². The summed E-state index contributed by atoms with van der Waals surface area (Å²) < 4.78 is 2.68. The Bertz CT molecular complexity index is 2080. The zero-order chi connectivity index (χ0) is 27.6. The fourth-order valence-electron chi connectivity index (χ4n) is 6.75. The normalized spacial score (nSPS) is 13.3. The molecule has 7 aromatic rings. The maximum absolute atomic E-state index is 3.81. The average molecular weight is 544 g/mol. The van der Waals surface area contributed by atoms with E-state index in [2.05, 4.69) is 153 Å². The first-order valence-electron chi connectivity index (χ1n) is 14.2. The van der Waals surface area contributed by atoms with Gasteiger partial charge < -0.3 is 5.32 Å². The SMILES string of the molecule is CC1(C)c2ccccc2-c2ccc(Nc3ccc(-c4cccc5c4sc4ccccc45)cc3)c(-c3ccccc3)c21. The van der Waals surface area contributed by atoms with Crippen LogP contribution in [0.25, 0.3) is 53.6 Å². The zero-order valence-electron chi connectivity index (χ0n) is 23.1. The van der Waals surface area contributed by atoms with Crippen molar-refractivity contribution in [2.24, 2.45) is 0 Å². The lowest BCUT2D eigenvalue weighted by Crippen LogP contribution is -2.17. The van der Waals surface area contributed by atoms with Crippen molar-refractivity contribution in [2.45, 2.75) is 19.3 Å². The van der Waals surface area contributed by atoms with Crippen LogP contribution < -0.4 is 5.32 Å². The monoisotopic (exact) mass is 543 g/mol. The third-order valence-electron chi connectivity index (χ3n) is 8.66. The molecule has 41 heavy (non-hydrogen) atoms. The Morgan fingerprint density at radius 3 is 2.10 bits per heavy atom. The van der Waals surface area contributed by atoms with Gasteiger partial charge in [-0.05, 0) is 63.2 Å². The molecule has 196 valence electrons. The van der Waals surface area contributed by atoms with Gasteiger partial charge in [0.1, 0.15) is 0 Å². The summed E-state index contributed by atoms with van der Waals surface area (Å²) in [4.78, 5) is 0. The Balaban J connectivity index is 1.22. The highest BCUT2D eigenvalue weighted by molar-refractivity contribution is 7.26. The average Bonchev–Trinajstić information content (AvgIpc) is 3.51. The molecule has 2 heteroatoms. The van der Waals surface area contributed by atoms with Gasteiger partial charge in [0.05, 0.1) is 0 Å². The van der Waals surface area contributed by atoms with Gasteiger partial charge in [0.25, 0.3) is 0 Å². The van der Waals surface area contributed by atoms with E-state index in [4.69, 9.17) is 0 Å². The molecule has 8 rings (SSSR count). The summed E-state index contributed by atoms with van der Waals surface area (Å²) in [5.41, 5.74) is 12.6. The summed E-state index contributed by atoms with van der Waals surface area (Å²) in [6.07, 6.45) is 0. The van der Waals surface area contributed by atoms with Gasteiger partial charge in [-0.2, -0.15) is 0 Å². The molecule has 1 N–H and O–H groups in total. The highest BCUT2D eigenvalue weighted by atomic mass is 32.1. The molecule has 0 spiro atoms. The third kappa shape index (κ3) is 3.75. The lowest BCUT2D eigenvalue weighted by molar-refractivity contribution is 0.662. The van der Waals surface area contributed by atoms with Gasteiger partial charge in [-0.1, -0.05) is 123 Å². The summed E-state index contributed by atoms with van der Waals surface area (Å²) in [7, 11) is 0. The first kappa shape index (κ1) is 24.2. The first-order chi connectivity index (χ1) is 20.1. The van der Waals surface area contributed by atoms with Crippen molar-refractivity contribution in [3.63, 3.8) is 0 Å².